The maximum absolute atomic E-state index is 14.0. The van der Waals surface area contributed by atoms with Crippen LogP contribution >= 0.6 is 8.25 Å². The second kappa shape index (κ2) is 5.11. The van der Waals surface area contributed by atoms with Gasteiger partial charge in [0.2, 0.25) is 5.78 Å². The second-order valence-corrected chi connectivity index (χ2v) is 5.64. The molecule has 1 aliphatic carbocycles. The third kappa shape index (κ3) is 3.19. The number of rotatable bonds is 5. The van der Waals surface area contributed by atoms with Crippen LogP contribution in [0, 0.1) is 5.92 Å². The van der Waals surface area contributed by atoms with Crippen molar-refractivity contribution in [3.05, 3.63) is 12.2 Å². The van der Waals surface area contributed by atoms with Gasteiger partial charge in [-0.2, -0.15) is 8.78 Å². The van der Waals surface area contributed by atoms with Crippen LogP contribution in [0.4, 0.5) is 8.78 Å². The summed E-state index contributed by atoms with van der Waals surface area (Å²) in [5.74, 6) is -6.14. The Kier molecular flexibility index (Phi) is 4.36. The number of carbonyl (C=O) groups excluding carboxylic acids is 1. The first kappa shape index (κ1) is 15.3. The zero-order valence-corrected chi connectivity index (χ0v) is 11.2. The van der Waals surface area contributed by atoms with E-state index >= 15 is 0 Å². The first-order chi connectivity index (χ1) is 8.07. The van der Waals surface area contributed by atoms with Crippen molar-refractivity contribution in [2.45, 2.75) is 44.6 Å². The molecule has 2 atom stereocenters. The molecule has 1 N–H and O–H groups in total. The molecule has 1 aliphatic rings. The van der Waals surface area contributed by atoms with E-state index in [4.69, 9.17) is 4.89 Å². The fourth-order valence-electron chi connectivity index (χ4n) is 2.06. The van der Waals surface area contributed by atoms with E-state index in [2.05, 4.69) is 11.1 Å². The molecule has 0 aliphatic heterocycles. The van der Waals surface area contributed by atoms with Gasteiger partial charge in [0, 0.05) is 10.5 Å². The Bertz CT molecular complexity index is 393. The van der Waals surface area contributed by atoms with E-state index in [0.29, 0.717) is 12.0 Å². The fourth-order valence-corrected chi connectivity index (χ4v) is 2.54. The molecule has 1 rings (SSSR count). The Labute approximate surface area is 105 Å². The number of hydrogen-bond acceptors (Lipinski definition) is 3. The van der Waals surface area contributed by atoms with Crippen molar-refractivity contribution < 1.29 is 27.6 Å². The first-order valence-electron chi connectivity index (χ1n) is 5.52. The van der Waals surface area contributed by atoms with Crippen molar-refractivity contribution in [1.29, 1.82) is 0 Å². The summed E-state index contributed by atoms with van der Waals surface area (Å²) >= 11 is 0. The van der Waals surface area contributed by atoms with Crippen LogP contribution in [0.15, 0.2) is 12.2 Å². The number of hydrogen-bond donors (Lipinski definition) is 1. The van der Waals surface area contributed by atoms with Crippen molar-refractivity contribution in [3.63, 3.8) is 0 Å². The average Bonchev–Trinajstić information content (AvgIpc) is 2.62. The zero-order valence-electron chi connectivity index (χ0n) is 10.3. The Morgan fingerprint density at radius 1 is 1.56 bits per heavy atom. The van der Waals surface area contributed by atoms with Crippen LogP contribution in [0.2, 0.25) is 0 Å². The highest BCUT2D eigenvalue weighted by atomic mass is 31.1. The monoisotopic (exact) mass is 281 g/mol. The van der Waals surface area contributed by atoms with E-state index in [9.17, 15) is 18.1 Å². The fraction of sp³-hybridized carbons (Fsp3) is 0.727. The lowest BCUT2D eigenvalue weighted by Gasteiger charge is -2.26. The quantitative estimate of drug-likeness (QED) is 0.621. The zero-order chi connectivity index (χ0) is 14.1. The van der Waals surface area contributed by atoms with Crippen molar-refractivity contribution in [1.82, 2.24) is 0 Å². The van der Waals surface area contributed by atoms with Gasteiger partial charge in [-0.3, -0.25) is 4.79 Å². The molecule has 0 aromatic rings. The normalized spacial score (nSPS) is 22.2. The summed E-state index contributed by atoms with van der Waals surface area (Å²) in [5.41, 5.74) is -1.30. The molecule has 1 saturated carbocycles. The highest BCUT2D eigenvalue weighted by Gasteiger charge is 2.56. The molecule has 0 aromatic carbocycles. The predicted molar refractivity (Wildman–Crippen MR) is 61.4 cm³/mol. The van der Waals surface area contributed by atoms with Crippen LogP contribution in [0.25, 0.3) is 0 Å². The Balaban J connectivity index is 2.87. The van der Waals surface area contributed by atoms with Gasteiger partial charge in [0.05, 0.1) is 0 Å². The predicted octanol–water partition coefficient (Wildman–Crippen LogP) is 2.99. The molecule has 7 heteroatoms. The largest absolute Gasteiger partial charge is 0.695 e. The maximum Gasteiger partial charge on any atom is 0.695 e. The summed E-state index contributed by atoms with van der Waals surface area (Å²) in [7, 11) is -3.11. The summed E-state index contributed by atoms with van der Waals surface area (Å²) in [5, 5.41) is 0. The Hall–Kier alpha value is -0.710. The maximum atomic E-state index is 14.0. The summed E-state index contributed by atoms with van der Waals surface area (Å²) in [6.45, 7) is 5.76. The highest BCUT2D eigenvalue weighted by molar-refractivity contribution is 7.32. The van der Waals surface area contributed by atoms with E-state index in [1.54, 1.807) is 0 Å². The van der Waals surface area contributed by atoms with Crippen LogP contribution in [0.3, 0.4) is 0 Å². The first-order valence-corrected chi connectivity index (χ1v) is 6.65. The SMILES string of the molecule is C=C1CCC(C(F)(F)C(=O)C(C)(C)O[P+](=O)O)C1. The number of halogens is 2. The molecule has 0 bridgehead atoms. The second-order valence-electron chi connectivity index (χ2n) is 4.98. The van der Waals surface area contributed by atoms with Gasteiger partial charge >= 0.3 is 14.2 Å². The van der Waals surface area contributed by atoms with Gasteiger partial charge in [0.1, 0.15) is 0 Å². The molecule has 0 aromatic heterocycles. The molecule has 18 heavy (non-hydrogen) atoms. The van der Waals surface area contributed by atoms with Crippen LogP contribution in [0.5, 0.6) is 0 Å². The van der Waals surface area contributed by atoms with Gasteiger partial charge in [0.15, 0.2) is 5.60 Å². The van der Waals surface area contributed by atoms with Crippen LogP contribution < -0.4 is 0 Å². The molecule has 0 radical (unpaired) electrons. The summed E-state index contributed by atoms with van der Waals surface area (Å²) in [6, 6.07) is 0. The molecular weight excluding hydrogens is 265 g/mol. The molecule has 1 fully saturated rings. The summed E-state index contributed by atoms with van der Waals surface area (Å²) in [4.78, 5) is 20.4. The van der Waals surface area contributed by atoms with Gasteiger partial charge in [-0.1, -0.05) is 12.2 Å². The van der Waals surface area contributed by atoms with E-state index in [1.807, 2.05) is 0 Å². The van der Waals surface area contributed by atoms with E-state index in [0.717, 1.165) is 13.8 Å². The van der Waals surface area contributed by atoms with Gasteiger partial charge in [-0.25, -0.2) is 0 Å². The molecule has 4 nitrogen and oxygen atoms in total. The van der Waals surface area contributed by atoms with Gasteiger partial charge < -0.3 is 0 Å². The lowest BCUT2D eigenvalue weighted by molar-refractivity contribution is -0.165. The molecule has 0 amide bonds. The van der Waals surface area contributed by atoms with E-state index in [1.165, 1.54) is 0 Å². The standard InChI is InChI=1S/C11H15F2O4P/c1-7-4-5-8(6-7)11(12,13)9(14)10(2,3)17-18(15)16/h8H,1,4-6H2,2-3H3/p+1. The van der Waals surface area contributed by atoms with Crippen LogP contribution in [0.1, 0.15) is 33.1 Å². The Morgan fingerprint density at radius 2 is 2.11 bits per heavy atom. The highest BCUT2D eigenvalue weighted by Crippen LogP contribution is 2.43. The van der Waals surface area contributed by atoms with Gasteiger partial charge in [-0.15, -0.1) is 9.42 Å². The molecule has 0 heterocycles. The van der Waals surface area contributed by atoms with E-state index < -0.39 is 31.5 Å². The molecule has 0 spiro atoms. The molecule has 2 unspecified atom stereocenters. The third-order valence-electron chi connectivity index (χ3n) is 3.05. The summed E-state index contributed by atoms with van der Waals surface area (Å²) in [6.07, 6.45) is 0.766. The van der Waals surface area contributed by atoms with Crippen molar-refractivity contribution in [2.75, 3.05) is 0 Å². The number of allylic oxidation sites excluding steroid dienone is 1. The number of Topliss-reactive ketones (excluding diaryl/α,β-unsaturated/α-hetero) is 1. The molecular formula is C11H16F2O4P+. The minimum Gasteiger partial charge on any atom is -0.289 e. The van der Waals surface area contributed by atoms with E-state index in [-0.39, 0.29) is 12.8 Å². The molecule has 102 valence electrons. The lowest BCUT2D eigenvalue weighted by atomic mass is 9.88. The Morgan fingerprint density at radius 3 is 2.50 bits per heavy atom. The average molecular weight is 281 g/mol. The minimum atomic E-state index is -3.58. The minimum absolute atomic E-state index is 0.0973. The smallest absolute Gasteiger partial charge is 0.289 e. The number of ketones is 1. The van der Waals surface area contributed by atoms with Crippen molar-refractivity contribution in [3.8, 4) is 0 Å². The van der Waals surface area contributed by atoms with Crippen LogP contribution in [-0.2, 0) is 13.9 Å². The van der Waals surface area contributed by atoms with Crippen molar-refractivity contribution in [2.24, 2.45) is 5.92 Å². The third-order valence-corrected chi connectivity index (χ3v) is 3.66. The molecule has 0 saturated heterocycles. The number of carbonyl (C=O) groups is 1. The van der Waals surface area contributed by atoms with Crippen LogP contribution in [-0.4, -0.2) is 22.2 Å². The van der Waals surface area contributed by atoms with Gasteiger partial charge in [0.25, 0.3) is 0 Å². The van der Waals surface area contributed by atoms with Gasteiger partial charge in [-0.05, 0) is 33.1 Å². The van der Waals surface area contributed by atoms with Crippen molar-refractivity contribution >= 4 is 14.0 Å². The summed E-state index contributed by atoms with van der Waals surface area (Å²) < 4.78 is 42.9. The number of alkyl halides is 2. The topological polar surface area (TPSA) is 63.6 Å². The lowest BCUT2D eigenvalue weighted by Crippen LogP contribution is -2.48.